The Morgan fingerprint density at radius 3 is 2.95 bits per heavy atom. The van der Waals surface area contributed by atoms with Gasteiger partial charge in [-0.05, 0) is 11.6 Å². The van der Waals surface area contributed by atoms with Gasteiger partial charge in [0.25, 0.3) is 5.24 Å². The Balaban J connectivity index is 1.54. The lowest BCUT2D eigenvalue weighted by molar-refractivity contribution is -0.121. The number of carbonyl (C=O) groups excluding carboxylic acids is 2. The van der Waals surface area contributed by atoms with E-state index in [1.54, 1.807) is 28.8 Å². The van der Waals surface area contributed by atoms with Crippen molar-refractivity contribution in [2.75, 3.05) is 31.1 Å². The molecule has 1 aliphatic heterocycles. The monoisotopic (exact) mass is 342 g/mol. The minimum Gasteiger partial charge on any atom is -0.355 e. The Hall–Kier alpha value is -1.21. The van der Waals surface area contributed by atoms with Crippen LogP contribution in [0.1, 0.15) is 12.0 Å². The molecule has 1 fully saturated rings. The maximum Gasteiger partial charge on any atom is 0.281 e. The highest BCUT2D eigenvalue weighted by Gasteiger charge is 2.21. The molecule has 2 amide bonds. The normalized spacial score (nSPS) is 14.4. The van der Waals surface area contributed by atoms with Crippen LogP contribution in [-0.4, -0.2) is 47.2 Å². The van der Waals surface area contributed by atoms with Gasteiger partial charge in [0.05, 0.1) is 0 Å². The van der Waals surface area contributed by atoms with Crippen LogP contribution in [0.5, 0.6) is 0 Å². The van der Waals surface area contributed by atoms with Crippen molar-refractivity contribution in [1.29, 1.82) is 0 Å². The minimum atomic E-state index is -0.188. The van der Waals surface area contributed by atoms with Crippen molar-refractivity contribution in [2.24, 2.45) is 0 Å². The molecule has 1 aliphatic rings. The van der Waals surface area contributed by atoms with E-state index in [9.17, 15) is 14.0 Å². The Morgan fingerprint density at radius 1 is 1.41 bits per heavy atom. The van der Waals surface area contributed by atoms with Crippen molar-refractivity contribution < 1.29 is 14.0 Å². The van der Waals surface area contributed by atoms with E-state index in [0.717, 1.165) is 18.1 Å². The van der Waals surface area contributed by atoms with Crippen LogP contribution in [0.3, 0.4) is 0 Å². The lowest BCUT2D eigenvalue weighted by atomic mass is 10.2. The predicted molar refractivity (Wildman–Crippen MR) is 89.6 cm³/mol. The molecular formula is C15H19FN2O2S2. The number of hydrogen-bond acceptors (Lipinski definition) is 4. The van der Waals surface area contributed by atoms with E-state index in [1.807, 2.05) is 6.07 Å². The van der Waals surface area contributed by atoms with Gasteiger partial charge in [0, 0.05) is 43.3 Å². The van der Waals surface area contributed by atoms with Crippen molar-refractivity contribution in [2.45, 2.75) is 12.2 Å². The number of rotatable bonds is 8. The number of hydrogen-bond donors (Lipinski definition) is 1. The second-order valence-corrected chi connectivity index (χ2v) is 7.00. The highest BCUT2D eigenvalue weighted by atomic mass is 32.2. The number of nitrogens with zero attached hydrogens (tertiary/aromatic N) is 1. The van der Waals surface area contributed by atoms with Crippen molar-refractivity contribution in [1.82, 2.24) is 10.2 Å². The summed E-state index contributed by atoms with van der Waals surface area (Å²) in [5.41, 5.74) is 0.684. The van der Waals surface area contributed by atoms with Gasteiger partial charge in [-0.25, -0.2) is 4.39 Å². The molecule has 120 valence electrons. The number of thioether (sulfide) groups is 2. The molecule has 0 bridgehead atoms. The predicted octanol–water partition coefficient (Wildman–Crippen LogP) is 2.73. The molecule has 1 aromatic rings. The van der Waals surface area contributed by atoms with Crippen LogP contribution in [0, 0.1) is 5.82 Å². The van der Waals surface area contributed by atoms with Gasteiger partial charge in [0.2, 0.25) is 5.91 Å². The van der Waals surface area contributed by atoms with Crippen LogP contribution in [0.4, 0.5) is 9.18 Å². The molecule has 0 unspecified atom stereocenters. The maximum absolute atomic E-state index is 13.4. The molecule has 2 rings (SSSR count). The largest absolute Gasteiger partial charge is 0.355 e. The summed E-state index contributed by atoms with van der Waals surface area (Å²) < 4.78 is 13.4. The van der Waals surface area contributed by atoms with E-state index < -0.39 is 0 Å². The lowest BCUT2D eigenvalue weighted by Gasteiger charge is -2.13. The fraction of sp³-hybridized carbons (Fsp3) is 0.467. The van der Waals surface area contributed by atoms with E-state index in [-0.39, 0.29) is 17.0 Å². The third-order valence-corrected chi connectivity index (χ3v) is 5.14. The van der Waals surface area contributed by atoms with Gasteiger partial charge in [0.15, 0.2) is 0 Å². The summed E-state index contributed by atoms with van der Waals surface area (Å²) in [6.07, 6.45) is 0.338. The average Bonchev–Trinajstić information content (AvgIpc) is 2.92. The fourth-order valence-electron chi connectivity index (χ4n) is 2.01. The second-order valence-electron chi connectivity index (χ2n) is 4.85. The first kappa shape index (κ1) is 17.1. The van der Waals surface area contributed by atoms with Gasteiger partial charge < -0.3 is 10.2 Å². The summed E-state index contributed by atoms with van der Waals surface area (Å²) in [6, 6.07) is 6.72. The van der Waals surface area contributed by atoms with Crippen molar-refractivity contribution in [3.8, 4) is 0 Å². The van der Waals surface area contributed by atoms with Crippen LogP contribution in [-0.2, 0) is 10.5 Å². The molecule has 7 heteroatoms. The zero-order chi connectivity index (χ0) is 15.8. The topological polar surface area (TPSA) is 49.4 Å². The summed E-state index contributed by atoms with van der Waals surface area (Å²) in [5.74, 6) is 1.91. The standard InChI is InChI=1S/C15H19FN2O2S2/c16-13-4-2-1-3-12(13)11-21-9-6-17-14(19)5-7-18-8-10-22-15(18)20/h1-4H,5-11H2,(H,17,19). The van der Waals surface area contributed by atoms with Crippen molar-refractivity contribution in [3.63, 3.8) is 0 Å². The number of benzene rings is 1. The molecule has 22 heavy (non-hydrogen) atoms. The highest BCUT2D eigenvalue weighted by molar-refractivity contribution is 8.13. The zero-order valence-corrected chi connectivity index (χ0v) is 13.9. The Morgan fingerprint density at radius 2 is 2.23 bits per heavy atom. The van der Waals surface area contributed by atoms with Gasteiger partial charge in [-0.3, -0.25) is 9.59 Å². The summed E-state index contributed by atoms with van der Waals surface area (Å²) in [5, 5.41) is 2.89. The van der Waals surface area contributed by atoms with Crippen LogP contribution < -0.4 is 5.32 Å². The second kappa shape index (κ2) is 9.05. The first-order valence-electron chi connectivity index (χ1n) is 7.16. The molecule has 1 aromatic carbocycles. The fourth-order valence-corrected chi connectivity index (χ4v) is 3.71. The SMILES string of the molecule is O=C(CCN1CCSC1=O)NCCSCc1ccccc1F. The number of amides is 2. The molecular weight excluding hydrogens is 323 g/mol. The highest BCUT2D eigenvalue weighted by Crippen LogP contribution is 2.17. The molecule has 4 nitrogen and oxygen atoms in total. The van der Waals surface area contributed by atoms with E-state index >= 15 is 0 Å². The smallest absolute Gasteiger partial charge is 0.281 e. The summed E-state index contributed by atoms with van der Waals surface area (Å²) in [6.45, 7) is 1.77. The molecule has 1 heterocycles. The molecule has 1 saturated heterocycles. The first-order valence-corrected chi connectivity index (χ1v) is 9.30. The van der Waals surface area contributed by atoms with Crippen molar-refractivity contribution in [3.05, 3.63) is 35.6 Å². The van der Waals surface area contributed by atoms with Gasteiger partial charge >= 0.3 is 0 Å². The van der Waals surface area contributed by atoms with Gasteiger partial charge in [-0.2, -0.15) is 11.8 Å². The molecule has 0 radical (unpaired) electrons. The van der Waals surface area contributed by atoms with E-state index in [1.165, 1.54) is 17.8 Å². The number of carbonyl (C=O) groups is 2. The number of nitrogens with one attached hydrogen (secondary N) is 1. The molecule has 0 spiro atoms. The van der Waals surface area contributed by atoms with Crippen LogP contribution in [0.2, 0.25) is 0 Å². The summed E-state index contributed by atoms with van der Waals surface area (Å²) >= 11 is 2.89. The molecule has 0 aromatic heterocycles. The van der Waals surface area contributed by atoms with Gasteiger partial charge in [-0.1, -0.05) is 30.0 Å². The average molecular weight is 342 g/mol. The number of halogens is 1. The third kappa shape index (κ3) is 5.53. The van der Waals surface area contributed by atoms with Crippen LogP contribution in [0.25, 0.3) is 0 Å². The van der Waals surface area contributed by atoms with E-state index in [0.29, 0.717) is 30.8 Å². The van der Waals surface area contributed by atoms with Gasteiger partial charge in [-0.15, -0.1) is 0 Å². The summed E-state index contributed by atoms with van der Waals surface area (Å²) in [7, 11) is 0. The van der Waals surface area contributed by atoms with Gasteiger partial charge in [0.1, 0.15) is 5.82 Å². The quantitative estimate of drug-likeness (QED) is 0.738. The Labute approximate surface area is 138 Å². The van der Waals surface area contributed by atoms with E-state index in [2.05, 4.69) is 5.32 Å². The van der Waals surface area contributed by atoms with Crippen LogP contribution in [0.15, 0.2) is 24.3 Å². The maximum atomic E-state index is 13.4. The first-order chi connectivity index (χ1) is 10.7. The lowest BCUT2D eigenvalue weighted by Crippen LogP contribution is -2.31. The Kier molecular flexibility index (Phi) is 7.05. The van der Waals surface area contributed by atoms with Crippen molar-refractivity contribution >= 4 is 34.7 Å². The molecule has 0 aliphatic carbocycles. The molecule has 0 saturated carbocycles. The van der Waals surface area contributed by atoms with E-state index in [4.69, 9.17) is 0 Å². The molecule has 1 N–H and O–H groups in total. The summed E-state index contributed by atoms with van der Waals surface area (Å²) in [4.78, 5) is 24.7. The minimum absolute atomic E-state index is 0.0452. The van der Waals surface area contributed by atoms with Crippen LogP contribution >= 0.6 is 23.5 Å². The zero-order valence-electron chi connectivity index (χ0n) is 12.2. The Bertz CT molecular complexity index is 528. The third-order valence-electron chi connectivity index (χ3n) is 3.24. The molecule has 0 atom stereocenters.